The van der Waals surface area contributed by atoms with Crippen LogP contribution in [0.3, 0.4) is 0 Å². The Hall–Kier alpha value is -0.860. The van der Waals surface area contributed by atoms with Crippen LogP contribution in [0.1, 0.15) is 126 Å². The second kappa shape index (κ2) is 16.7. The van der Waals surface area contributed by atoms with Gasteiger partial charge in [-0.1, -0.05) is 63.0 Å². The van der Waals surface area contributed by atoms with Crippen molar-refractivity contribution in [2.75, 3.05) is 6.61 Å². The Morgan fingerprint density at radius 3 is 2.64 bits per heavy atom. The molecule has 1 aliphatic carbocycles. The summed E-state index contributed by atoms with van der Waals surface area (Å²) in [6.45, 7) is 16.4. The summed E-state index contributed by atoms with van der Waals surface area (Å²) in [4.78, 5) is 0. The minimum Gasteiger partial charge on any atom is -0.390 e. The van der Waals surface area contributed by atoms with Crippen LogP contribution in [0.25, 0.3) is 0 Å². The number of allylic oxidation sites excluding steroid dienone is 4. The molecule has 4 atom stereocenters. The zero-order chi connectivity index (χ0) is 24.7. The summed E-state index contributed by atoms with van der Waals surface area (Å²) in [5.74, 6) is 1.22. The van der Waals surface area contributed by atoms with Crippen molar-refractivity contribution < 1.29 is 9.84 Å². The Labute approximate surface area is 207 Å². The summed E-state index contributed by atoms with van der Waals surface area (Å²) in [7, 11) is 0. The van der Waals surface area contributed by atoms with E-state index in [1.807, 2.05) is 6.92 Å². The van der Waals surface area contributed by atoms with Gasteiger partial charge in [-0.2, -0.15) is 13.3 Å². The molecular weight excluding hydrogens is 404 g/mol. The van der Waals surface area contributed by atoms with Crippen LogP contribution in [0.15, 0.2) is 34.9 Å². The van der Waals surface area contributed by atoms with Crippen LogP contribution in [-0.4, -0.2) is 23.4 Å². The molecule has 192 valence electrons. The van der Waals surface area contributed by atoms with E-state index in [1.165, 1.54) is 42.4 Å². The van der Waals surface area contributed by atoms with Crippen molar-refractivity contribution in [1.29, 1.82) is 0 Å². The Morgan fingerprint density at radius 2 is 1.94 bits per heavy atom. The lowest BCUT2D eigenvalue weighted by Crippen LogP contribution is -2.28. The van der Waals surface area contributed by atoms with Gasteiger partial charge >= 0.3 is 0 Å². The Balaban J connectivity index is 2.34. The molecule has 1 aliphatic rings. The quantitative estimate of drug-likeness (QED) is 0.126. The highest BCUT2D eigenvalue weighted by molar-refractivity contribution is 5.29. The van der Waals surface area contributed by atoms with Crippen molar-refractivity contribution in [3.05, 3.63) is 41.4 Å². The molecule has 0 fully saturated rings. The lowest BCUT2D eigenvalue weighted by Gasteiger charge is -2.31. The fourth-order valence-electron chi connectivity index (χ4n) is 4.71. The van der Waals surface area contributed by atoms with E-state index in [1.54, 1.807) is 0 Å². The second-order valence-corrected chi connectivity index (χ2v) is 11.0. The van der Waals surface area contributed by atoms with Crippen LogP contribution in [0, 0.1) is 18.3 Å². The van der Waals surface area contributed by atoms with Crippen LogP contribution >= 0.6 is 0 Å². The highest BCUT2D eigenvalue weighted by Gasteiger charge is 2.26. The van der Waals surface area contributed by atoms with Crippen LogP contribution in [0.4, 0.5) is 0 Å². The molecule has 1 rings (SSSR count). The van der Waals surface area contributed by atoms with Gasteiger partial charge in [-0.05, 0) is 90.0 Å². The number of rotatable bonds is 18. The van der Waals surface area contributed by atoms with E-state index in [9.17, 15) is 5.11 Å². The van der Waals surface area contributed by atoms with E-state index in [4.69, 9.17) is 4.74 Å². The van der Waals surface area contributed by atoms with Gasteiger partial charge in [0.15, 0.2) is 0 Å². The van der Waals surface area contributed by atoms with E-state index >= 15 is 0 Å². The number of ether oxygens (including phenoxy) is 1. The van der Waals surface area contributed by atoms with Crippen molar-refractivity contribution in [2.45, 2.75) is 137 Å². The first kappa shape index (κ1) is 30.2. The van der Waals surface area contributed by atoms with Gasteiger partial charge in [-0.3, -0.25) is 0 Å². The van der Waals surface area contributed by atoms with E-state index in [2.05, 4.69) is 66.2 Å². The van der Waals surface area contributed by atoms with Gasteiger partial charge in [0.25, 0.3) is 0 Å². The second-order valence-electron chi connectivity index (χ2n) is 11.0. The molecule has 0 radical (unpaired) electrons. The molecule has 0 bridgehead atoms. The average molecular weight is 460 g/mol. The molecule has 0 aromatic rings. The first-order valence-corrected chi connectivity index (χ1v) is 13.8. The van der Waals surface area contributed by atoms with Gasteiger partial charge in [0.05, 0.1) is 11.7 Å². The summed E-state index contributed by atoms with van der Waals surface area (Å²) >= 11 is 0. The number of hydrogen-bond donors (Lipinski definition) is 1. The molecule has 0 saturated heterocycles. The van der Waals surface area contributed by atoms with Crippen LogP contribution in [-0.2, 0) is 4.74 Å². The van der Waals surface area contributed by atoms with Crippen molar-refractivity contribution in [3.8, 4) is 0 Å². The molecule has 2 nitrogen and oxygen atoms in total. The summed E-state index contributed by atoms with van der Waals surface area (Å²) < 4.78 is 6.31. The van der Waals surface area contributed by atoms with E-state index in [0.717, 1.165) is 63.9 Å². The molecule has 0 heterocycles. The number of hydrogen-bond acceptors (Lipinski definition) is 2. The van der Waals surface area contributed by atoms with E-state index < -0.39 is 5.60 Å². The van der Waals surface area contributed by atoms with Crippen LogP contribution < -0.4 is 0 Å². The fourth-order valence-corrected chi connectivity index (χ4v) is 4.71. The predicted octanol–water partition coefficient (Wildman–Crippen LogP) is 9.15. The molecule has 0 saturated carbocycles. The lowest BCUT2D eigenvalue weighted by molar-refractivity contribution is 0.0381. The molecule has 2 heteroatoms. The van der Waals surface area contributed by atoms with Gasteiger partial charge in [-0.25, -0.2) is 0 Å². The zero-order valence-electron chi connectivity index (χ0n) is 23.1. The zero-order valence-corrected chi connectivity index (χ0v) is 23.1. The van der Waals surface area contributed by atoms with Gasteiger partial charge in [0, 0.05) is 12.5 Å². The molecular formula is C31H55O2-. The third kappa shape index (κ3) is 13.0. The summed E-state index contributed by atoms with van der Waals surface area (Å²) in [5, 5.41) is 10.5. The summed E-state index contributed by atoms with van der Waals surface area (Å²) in [5.41, 5.74) is 3.91. The smallest absolute Gasteiger partial charge is 0.0850 e. The monoisotopic (exact) mass is 459 g/mol. The molecule has 0 spiro atoms. The van der Waals surface area contributed by atoms with Gasteiger partial charge < -0.3 is 16.3 Å². The Bertz CT molecular complexity index is 610. The molecule has 0 amide bonds. The standard InChI is InChI=1S/C31H55O2/c1-8-10-12-22-31(7,32)23-14-17-25(3)15-13-16-26(4)18-20-29-21-19-27(5)28(6)30(29)33-24-11-9-2/h8,15,19,21,26,28,30,32H,9-14,16-18,20,22-24H2,1-7H3/q-1/b25-15+. The van der Waals surface area contributed by atoms with Gasteiger partial charge in [-0.15, -0.1) is 0 Å². The Morgan fingerprint density at radius 1 is 1.21 bits per heavy atom. The maximum absolute atomic E-state index is 10.5. The lowest BCUT2D eigenvalue weighted by atomic mass is 9.83. The average Bonchev–Trinajstić information content (AvgIpc) is 2.76. The molecule has 33 heavy (non-hydrogen) atoms. The van der Waals surface area contributed by atoms with Crippen LogP contribution in [0.2, 0.25) is 0 Å². The normalized spacial score (nSPS) is 22.0. The number of aliphatic hydroxyl groups is 1. The Kier molecular flexibility index (Phi) is 15.3. The van der Waals surface area contributed by atoms with Crippen molar-refractivity contribution in [2.24, 2.45) is 11.8 Å². The highest BCUT2D eigenvalue weighted by atomic mass is 16.5. The molecule has 0 aromatic heterocycles. The van der Waals surface area contributed by atoms with Gasteiger partial charge in [0.2, 0.25) is 0 Å². The molecule has 0 aliphatic heterocycles. The largest absolute Gasteiger partial charge is 0.390 e. The summed E-state index contributed by atoms with van der Waals surface area (Å²) in [6, 6.07) is 0. The van der Waals surface area contributed by atoms with Crippen molar-refractivity contribution in [1.82, 2.24) is 0 Å². The third-order valence-corrected chi connectivity index (χ3v) is 7.47. The fraction of sp³-hybridized carbons (Fsp3) is 0.774. The minimum atomic E-state index is -0.505. The molecule has 1 N–H and O–H groups in total. The summed E-state index contributed by atoms with van der Waals surface area (Å²) in [6.07, 6.45) is 22.9. The van der Waals surface area contributed by atoms with E-state index in [0.29, 0.717) is 5.92 Å². The topological polar surface area (TPSA) is 29.5 Å². The van der Waals surface area contributed by atoms with Crippen LogP contribution in [0.5, 0.6) is 0 Å². The highest BCUT2D eigenvalue weighted by Crippen LogP contribution is 2.32. The molecule has 4 unspecified atom stereocenters. The maximum atomic E-state index is 10.5. The number of unbranched alkanes of at least 4 members (excludes halogenated alkanes) is 3. The van der Waals surface area contributed by atoms with Gasteiger partial charge in [0.1, 0.15) is 0 Å². The first-order chi connectivity index (χ1) is 15.7. The van der Waals surface area contributed by atoms with E-state index in [-0.39, 0.29) is 6.10 Å². The minimum absolute atomic E-state index is 0.271. The third-order valence-electron chi connectivity index (χ3n) is 7.47. The molecule has 0 aromatic carbocycles. The predicted molar refractivity (Wildman–Crippen MR) is 145 cm³/mol. The van der Waals surface area contributed by atoms with Crippen molar-refractivity contribution in [3.63, 3.8) is 0 Å². The SMILES string of the molecule is C[CH-]CCCC(C)(O)CCC/C(C)=C/CCC(C)CCC1=CC=C(C)C(C)C1OCCCC. The maximum Gasteiger partial charge on any atom is 0.0850 e. The van der Waals surface area contributed by atoms with Crippen molar-refractivity contribution >= 4 is 0 Å². The first-order valence-electron chi connectivity index (χ1n) is 13.8.